The number of nitrogens with one attached hydrogen (secondary N) is 2. The lowest BCUT2D eigenvalue weighted by Gasteiger charge is -2.12. The molecule has 0 aliphatic carbocycles. The Hall–Kier alpha value is -1.70. The minimum absolute atomic E-state index is 0.104. The fourth-order valence-corrected chi connectivity index (χ4v) is 2.70. The second-order valence-corrected chi connectivity index (χ2v) is 6.32. The Bertz CT molecular complexity index is 476. The molecule has 0 bridgehead atoms. The summed E-state index contributed by atoms with van der Waals surface area (Å²) in [5.41, 5.74) is 0. The molecule has 1 rings (SSSR count). The molecule has 118 valence electrons. The summed E-state index contributed by atoms with van der Waals surface area (Å²) in [7, 11) is 0. The number of aromatic nitrogens is 2. The second-order valence-electron chi connectivity index (χ2n) is 5.26. The molecule has 0 fully saturated rings. The minimum Gasteiger partial charge on any atom is -0.481 e. The van der Waals surface area contributed by atoms with Gasteiger partial charge in [0.1, 0.15) is 5.01 Å². The number of carbonyl (C=O) groups is 2. The van der Waals surface area contributed by atoms with E-state index in [4.69, 9.17) is 5.11 Å². The van der Waals surface area contributed by atoms with Crippen molar-refractivity contribution in [3.05, 3.63) is 5.01 Å². The van der Waals surface area contributed by atoms with E-state index >= 15 is 0 Å². The average molecular weight is 314 g/mol. The van der Waals surface area contributed by atoms with E-state index in [1.165, 1.54) is 11.3 Å². The van der Waals surface area contributed by atoms with E-state index in [9.17, 15) is 9.59 Å². The highest BCUT2D eigenvalue weighted by Crippen LogP contribution is 2.18. The van der Waals surface area contributed by atoms with E-state index in [0.29, 0.717) is 17.5 Å². The van der Waals surface area contributed by atoms with Crippen molar-refractivity contribution in [2.24, 2.45) is 11.8 Å². The van der Waals surface area contributed by atoms with Gasteiger partial charge in [-0.1, -0.05) is 38.5 Å². The fraction of sp³-hybridized carbons (Fsp3) is 0.692. The van der Waals surface area contributed by atoms with Gasteiger partial charge in [-0.2, -0.15) is 0 Å². The Balaban J connectivity index is 2.42. The lowest BCUT2D eigenvalue weighted by Crippen LogP contribution is -2.35. The van der Waals surface area contributed by atoms with Crippen molar-refractivity contribution in [3.8, 4) is 0 Å². The van der Waals surface area contributed by atoms with Crippen LogP contribution in [0.2, 0.25) is 0 Å². The van der Waals surface area contributed by atoms with E-state index < -0.39 is 17.9 Å². The summed E-state index contributed by atoms with van der Waals surface area (Å²) in [6.45, 7) is 6.18. The van der Waals surface area contributed by atoms with E-state index in [2.05, 4.69) is 34.7 Å². The molecule has 0 aromatic carbocycles. The number of nitrogens with zero attached hydrogens (tertiary/aromatic N) is 2. The Morgan fingerprint density at radius 2 is 2.05 bits per heavy atom. The molecule has 0 aliphatic rings. The molecule has 3 N–H and O–H groups in total. The van der Waals surface area contributed by atoms with Gasteiger partial charge in [0.25, 0.3) is 0 Å². The summed E-state index contributed by atoms with van der Waals surface area (Å²) in [5.74, 6) is -0.982. The molecular formula is C13H22N4O3S. The first-order chi connectivity index (χ1) is 9.92. The average Bonchev–Trinajstić information content (AvgIpc) is 2.80. The van der Waals surface area contributed by atoms with Gasteiger partial charge in [-0.15, -0.1) is 10.2 Å². The number of aliphatic carboxylic acids is 1. The molecule has 0 aliphatic heterocycles. The van der Waals surface area contributed by atoms with Gasteiger partial charge in [0.15, 0.2) is 0 Å². The van der Waals surface area contributed by atoms with Gasteiger partial charge in [-0.3, -0.25) is 10.1 Å². The van der Waals surface area contributed by atoms with Crippen molar-refractivity contribution in [1.29, 1.82) is 0 Å². The molecule has 2 amide bonds. The van der Waals surface area contributed by atoms with Crippen LogP contribution in [0, 0.1) is 11.8 Å². The van der Waals surface area contributed by atoms with Crippen LogP contribution in [0.15, 0.2) is 0 Å². The Kier molecular flexibility index (Phi) is 7.07. The van der Waals surface area contributed by atoms with Crippen LogP contribution in [0.5, 0.6) is 0 Å². The third-order valence-corrected chi connectivity index (χ3v) is 3.63. The number of rotatable bonds is 8. The number of carbonyl (C=O) groups excluding carboxylic acids is 1. The second kappa shape index (κ2) is 8.56. The van der Waals surface area contributed by atoms with E-state index in [1.54, 1.807) is 0 Å². The zero-order valence-corrected chi connectivity index (χ0v) is 13.4. The lowest BCUT2D eigenvalue weighted by molar-refractivity contribution is -0.141. The number of carboxylic acid groups (broad SMARTS) is 1. The summed E-state index contributed by atoms with van der Waals surface area (Å²) < 4.78 is 0. The first-order valence-electron chi connectivity index (χ1n) is 7.02. The van der Waals surface area contributed by atoms with Gasteiger partial charge >= 0.3 is 12.0 Å². The standard InChI is InChI=1S/C13H22N4O3S/c1-4-5-9(11(18)19)7-14-12(20)15-13-17-16-10(21-13)6-8(2)3/h8-9H,4-7H2,1-3H3,(H,18,19)(H2,14,15,17,20). The molecule has 0 saturated carbocycles. The van der Waals surface area contributed by atoms with Gasteiger partial charge in [-0.25, -0.2) is 4.79 Å². The molecule has 7 nitrogen and oxygen atoms in total. The van der Waals surface area contributed by atoms with Crippen LogP contribution in [0.1, 0.15) is 38.6 Å². The maximum atomic E-state index is 11.7. The first kappa shape index (κ1) is 17.4. The predicted octanol–water partition coefficient (Wildman–Crippen LogP) is 2.36. The lowest BCUT2D eigenvalue weighted by atomic mass is 10.0. The van der Waals surface area contributed by atoms with Crippen LogP contribution in [0.25, 0.3) is 0 Å². The highest BCUT2D eigenvalue weighted by Gasteiger charge is 2.17. The predicted molar refractivity (Wildman–Crippen MR) is 81.5 cm³/mol. The van der Waals surface area contributed by atoms with Gasteiger partial charge in [0.05, 0.1) is 5.92 Å². The number of hydrogen-bond acceptors (Lipinski definition) is 5. The number of urea groups is 1. The molecule has 0 saturated heterocycles. The largest absolute Gasteiger partial charge is 0.481 e. The molecule has 8 heteroatoms. The summed E-state index contributed by atoms with van der Waals surface area (Å²) >= 11 is 1.33. The molecule has 1 unspecified atom stereocenters. The Labute approximate surface area is 128 Å². The molecule has 1 aromatic heterocycles. The molecule has 0 radical (unpaired) electrons. The number of hydrogen-bond donors (Lipinski definition) is 3. The molecule has 21 heavy (non-hydrogen) atoms. The summed E-state index contributed by atoms with van der Waals surface area (Å²) in [5, 5.41) is 23.3. The van der Waals surface area contributed by atoms with Crippen LogP contribution >= 0.6 is 11.3 Å². The number of amides is 2. The zero-order chi connectivity index (χ0) is 15.8. The summed E-state index contributed by atoms with van der Waals surface area (Å²) in [4.78, 5) is 22.7. The Morgan fingerprint density at radius 1 is 1.33 bits per heavy atom. The van der Waals surface area contributed by atoms with Crippen LogP contribution in [0.3, 0.4) is 0 Å². The molecule has 0 spiro atoms. The Morgan fingerprint density at radius 3 is 2.62 bits per heavy atom. The number of carboxylic acids is 1. The van der Waals surface area contributed by atoms with Gasteiger partial charge in [0, 0.05) is 13.0 Å². The van der Waals surface area contributed by atoms with Crippen molar-refractivity contribution in [2.45, 2.75) is 40.0 Å². The van der Waals surface area contributed by atoms with E-state index in [0.717, 1.165) is 17.8 Å². The molecule has 1 aromatic rings. The SMILES string of the molecule is CCCC(CNC(=O)Nc1nnc(CC(C)C)s1)C(=O)O. The topological polar surface area (TPSA) is 104 Å². The summed E-state index contributed by atoms with van der Waals surface area (Å²) in [6.07, 6.45) is 2.11. The van der Waals surface area contributed by atoms with Crippen LogP contribution in [0.4, 0.5) is 9.93 Å². The maximum absolute atomic E-state index is 11.7. The van der Waals surface area contributed by atoms with Crippen molar-refractivity contribution < 1.29 is 14.7 Å². The smallest absolute Gasteiger partial charge is 0.321 e. The molecule has 1 heterocycles. The van der Waals surface area contributed by atoms with Crippen molar-refractivity contribution >= 4 is 28.5 Å². The maximum Gasteiger partial charge on any atom is 0.321 e. The van der Waals surface area contributed by atoms with Gasteiger partial charge in [0.2, 0.25) is 5.13 Å². The van der Waals surface area contributed by atoms with Crippen molar-refractivity contribution in [1.82, 2.24) is 15.5 Å². The van der Waals surface area contributed by atoms with Crippen LogP contribution < -0.4 is 10.6 Å². The highest BCUT2D eigenvalue weighted by molar-refractivity contribution is 7.15. The normalized spacial score (nSPS) is 12.2. The van der Waals surface area contributed by atoms with E-state index in [1.807, 2.05) is 6.92 Å². The van der Waals surface area contributed by atoms with Crippen LogP contribution in [-0.2, 0) is 11.2 Å². The minimum atomic E-state index is -0.896. The third-order valence-electron chi connectivity index (χ3n) is 2.77. The fourth-order valence-electron chi connectivity index (χ4n) is 1.75. The van der Waals surface area contributed by atoms with E-state index in [-0.39, 0.29) is 6.54 Å². The summed E-state index contributed by atoms with van der Waals surface area (Å²) in [6, 6.07) is -0.454. The highest BCUT2D eigenvalue weighted by atomic mass is 32.1. The third kappa shape index (κ3) is 6.52. The number of anilines is 1. The monoisotopic (exact) mass is 314 g/mol. The van der Waals surface area contributed by atoms with Crippen molar-refractivity contribution in [2.75, 3.05) is 11.9 Å². The first-order valence-corrected chi connectivity index (χ1v) is 7.84. The van der Waals surface area contributed by atoms with Gasteiger partial charge in [-0.05, 0) is 12.3 Å². The zero-order valence-electron chi connectivity index (χ0n) is 12.5. The van der Waals surface area contributed by atoms with Crippen LogP contribution in [-0.4, -0.2) is 33.8 Å². The van der Waals surface area contributed by atoms with Gasteiger partial charge < -0.3 is 10.4 Å². The quantitative estimate of drug-likeness (QED) is 0.683. The van der Waals surface area contributed by atoms with Crippen molar-refractivity contribution in [3.63, 3.8) is 0 Å². The molecule has 1 atom stereocenters. The molecular weight excluding hydrogens is 292 g/mol.